The number of hydrogen-bond donors (Lipinski definition) is 2. The van der Waals surface area contributed by atoms with Crippen LogP contribution in [0.1, 0.15) is 29.7 Å². The molecule has 0 spiro atoms. The summed E-state index contributed by atoms with van der Waals surface area (Å²) in [6.07, 6.45) is 5.15. The van der Waals surface area contributed by atoms with Crippen molar-refractivity contribution >= 4 is 35.8 Å². The third kappa shape index (κ3) is 8.74. The van der Waals surface area contributed by atoms with Crippen LogP contribution in [0.15, 0.2) is 53.7 Å². The second-order valence-corrected chi connectivity index (χ2v) is 7.97. The Morgan fingerprint density at radius 1 is 1.09 bits per heavy atom. The van der Waals surface area contributed by atoms with Crippen LogP contribution in [0.4, 0.5) is 0 Å². The third-order valence-electron chi connectivity index (χ3n) is 5.57. The molecule has 7 nitrogen and oxygen atoms in total. The average molecular weight is 550 g/mol. The molecule has 2 aromatic rings. The molecule has 2 N–H and O–H groups in total. The molecule has 3 rings (SSSR count). The number of carbonyl (C=O) groups excluding carboxylic acids is 1. The lowest BCUT2D eigenvalue weighted by atomic mass is 10.1. The lowest BCUT2D eigenvalue weighted by molar-refractivity contribution is -0.128. The first kappa shape index (κ1) is 26.1. The molecule has 0 unspecified atom stereocenters. The predicted octanol–water partition coefficient (Wildman–Crippen LogP) is 2.66. The molecule has 1 aromatic heterocycles. The van der Waals surface area contributed by atoms with Gasteiger partial charge in [-0.15, -0.1) is 24.0 Å². The van der Waals surface area contributed by atoms with Crippen LogP contribution < -0.4 is 10.6 Å². The number of benzene rings is 1. The summed E-state index contributed by atoms with van der Waals surface area (Å²) in [4.78, 5) is 25.1. The Kier molecular flexibility index (Phi) is 11.4. The molecular weight excluding hydrogens is 515 g/mol. The minimum Gasteiger partial charge on any atom is -0.352 e. The van der Waals surface area contributed by atoms with E-state index in [-0.39, 0.29) is 36.4 Å². The van der Waals surface area contributed by atoms with E-state index in [9.17, 15) is 4.79 Å². The van der Waals surface area contributed by atoms with Gasteiger partial charge in [-0.2, -0.15) is 0 Å². The van der Waals surface area contributed by atoms with Gasteiger partial charge in [0, 0.05) is 52.0 Å². The van der Waals surface area contributed by atoms with Crippen LogP contribution in [0.5, 0.6) is 0 Å². The van der Waals surface area contributed by atoms with Crippen molar-refractivity contribution in [1.29, 1.82) is 0 Å². The number of nitrogens with one attached hydrogen (secondary N) is 2. The fourth-order valence-electron chi connectivity index (χ4n) is 3.62. The van der Waals surface area contributed by atoms with Gasteiger partial charge in [0.05, 0.1) is 6.54 Å². The Morgan fingerprint density at radius 2 is 1.81 bits per heavy atom. The molecule has 0 saturated carbocycles. The Labute approximate surface area is 208 Å². The van der Waals surface area contributed by atoms with Crippen LogP contribution in [0.3, 0.4) is 0 Å². The molecule has 1 aliphatic rings. The smallest absolute Gasteiger partial charge is 0.241 e. The first-order valence-corrected chi connectivity index (χ1v) is 11.0. The van der Waals surface area contributed by atoms with Gasteiger partial charge in [0.2, 0.25) is 5.91 Å². The van der Waals surface area contributed by atoms with Crippen LogP contribution in [-0.2, 0) is 24.3 Å². The van der Waals surface area contributed by atoms with E-state index in [1.807, 2.05) is 25.2 Å². The lowest BCUT2D eigenvalue weighted by Crippen LogP contribution is -2.43. The zero-order valence-corrected chi connectivity index (χ0v) is 21.4. The maximum absolute atomic E-state index is 12.4. The maximum atomic E-state index is 12.4. The SMILES string of the molecule is CN=C(NCC(=O)N(C)CCc1ccccn1)NCc1ccc(CN2CCCC2)cc1.I. The van der Waals surface area contributed by atoms with Gasteiger partial charge in [-0.05, 0) is 49.2 Å². The molecular formula is C24H35IN6O. The van der Waals surface area contributed by atoms with Gasteiger partial charge >= 0.3 is 0 Å². The Hall–Kier alpha value is -2.20. The number of likely N-dealkylation sites (tertiary alicyclic amines) is 1. The highest BCUT2D eigenvalue weighted by Gasteiger charge is 2.12. The second kappa shape index (κ2) is 14.1. The molecule has 0 radical (unpaired) electrons. The van der Waals surface area contributed by atoms with Crippen LogP contribution in [-0.4, -0.2) is 66.9 Å². The summed E-state index contributed by atoms with van der Waals surface area (Å²) in [7, 11) is 3.52. The number of carbonyl (C=O) groups is 1. The minimum absolute atomic E-state index is 0. The molecule has 1 fully saturated rings. The van der Waals surface area contributed by atoms with Crippen molar-refractivity contribution in [3.63, 3.8) is 0 Å². The van der Waals surface area contributed by atoms with E-state index in [0.717, 1.165) is 18.7 Å². The molecule has 32 heavy (non-hydrogen) atoms. The normalized spacial score (nSPS) is 14.0. The Morgan fingerprint density at radius 3 is 2.47 bits per heavy atom. The highest BCUT2D eigenvalue weighted by Crippen LogP contribution is 2.13. The van der Waals surface area contributed by atoms with Crippen LogP contribution >= 0.6 is 24.0 Å². The molecule has 0 atom stereocenters. The standard InChI is InChI=1S/C24H34N6O.HI/c1-25-24(28-18-23(31)29(2)16-12-22-7-3-4-13-26-22)27-17-20-8-10-21(11-9-20)19-30-14-5-6-15-30;/h3-4,7-11,13H,5-6,12,14-19H2,1-2H3,(H2,25,27,28);1H. The fourth-order valence-corrected chi connectivity index (χ4v) is 3.62. The Balaban J connectivity index is 0.00000363. The predicted molar refractivity (Wildman–Crippen MR) is 140 cm³/mol. The van der Waals surface area contributed by atoms with E-state index in [1.54, 1.807) is 18.1 Å². The number of aromatic nitrogens is 1. The highest BCUT2D eigenvalue weighted by molar-refractivity contribution is 14.0. The van der Waals surface area contributed by atoms with Gasteiger partial charge in [0.15, 0.2) is 5.96 Å². The van der Waals surface area contributed by atoms with Crippen LogP contribution in [0, 0.1) is 0 Å². The van der Waals surface area contributed by atoms with Crippen molar-refractivity contribution < 1.29 is 4.79 Å². The molecule has 1 aromatic carbocycles. The van der Waals surface area contributed by atoms with E-state index in [4.69, 9.17) is 0 Å². The summed E-state index contributed by atoms with van der Waals surface area (Å²) in [5, 5.41) is 6.38. The van der Waals surface area contributed by atoms with Crippen LogP contribution in [0.25, 0.3) is 0 Å². The number of guanidine groups is 1. The highest BCUT2D eigenvalue weighted by atomic mass is 127. The monoisotopic (exact) mass is 550 g/mol. The molecule has 8 heteroatoms. The zero-order chi connectivity index (χ0) is 21.9. The lowest BCUT2D eigenvalue weighted by Gasteiger charge is -2.18. The van der Waals surface area contributed by atoms with Crippen molar-refractivity contribution in [2.45, 2.75) is 32.4 Å². The molecule has 0 aliphatic carbocycles. The van der Waals surface area contributed by atoms with Gasteiger partial charge in [-0.1, -0.05) is 30.3 Å². The summed E-state index contributed by atoms with van der Waals surface area (Å²) in [6, 6.07) is 14.5. The first-order valence-electron chi connectivity index (χ1n) is 11.0. The number of halogens is 1. The number of pyridine rings is 1. The van der Waals surface area contributed by atoms with Gasteiger partial charge in [-0.25, -0.2) is 0 Å². The quantitative estimate of drug-likeness (QED) is 0.286. The second-order valence-electron chi connectivity index (χ2n) is 7.97. The molecule has 0 bridgehead atoms. The summed E-state index contributed by atoms with van der Waals surface area (Å²) in [5.74, 6) is 0.637. The van der Waals surface area contributed by atoms with E-state index >= 15 is 0 Å². The number of aliphatic imine (C=N–C) groups is 1. The first-order chi connectivity index (χ1) is 15.1. The van der Waals surface area contributed by atoms with Crippen molar-refractivity contribution in [3.05, 3.63) is 65.5 Å². The average Bonchev–Trinajstić information content (AvgIpc) is 3.32. The minimum atomic E-state index is 0. The number of likely N-dealkylation sites (N-methyl/N-ethyl adjacent to an activating group) is 1. The molecule has 1 amide bonds. The molecule has 1 saturated heterocycles. The van der Waals surface area contributed by atoms with Gasteiger partial charge in [-0.3, -0.25) is 19.7 Å². The summed E-state index contributed by atoms with van der Waals surface area (Å²) in [6.45, 7) is 4.95. The van der Waals surface area contributed by atoms with Crippen molar-refractivity contribution in [2.24, 2.45) is 4.99 Å². The summed E-state index contributed by atoms with van der Waals surface area (Å²) in [5.41, 5.74) is 3.53. The molecule has 174 valence electrons. The van der Waals surface area contributed by atoms with E-state index in [2.05, 4.69) is 49.8 Å². The third-order valence-corrected chi connectivity index (χ3v) is 5.57. The summed E-state index contributed by atoms with van der Waals surface area (Å²) >= 11 is 0. The van der Waals surface area contributed by atoms with Gasteiger partial charge in [0.1, 0.15) is 0 Å². The maximum Gasteiger partial charge on any atom is 0.241 e. The van der Waals surface area contributed by atoms with Crippen LogP contribution in [0.2, 0.25) is 0 Å². The van der Waals surface area contributed by atoms with Crippen molar-refractivity contribution in [1.82, 2.24) is 25.4 Å². The van der Waals surface area contributed by atoms with E-state index in [1.165, 1.54) is 37.1 Å². The zero-order valence-electron chi connectivity index (χ0n) is 19.1. The van der Waals surface area contributed by atoms with E-state index in [0.29, 0.717) is 19.0 Å². The largest absolute Gasteiger partial charge is 0.352 e. The fraction of sp³-hybridized carbons (Fsp3) is 0.458. The number of hydrogen-bond acceptors (Lipinski definition) is 4. The van der Waals surface area contributed by atoms with Crippen molar-refractivity contribution in [2.75, 3.05) is 40.3 Å². The van der Waals surface area contributed by atoms with E-state index < -0.39 is 0 Å². The molecule has 1 aliphatic heterocycles. The molecule has 2 heterocycles. The number of amides is 1. The number of nitrogens with zero attached hydrogens (tertiary/aromatic N) is 4. The van der Waals surface area contributed by atoms with Gasteiger partial charge in [0.25, 0.3) is 0 Å². The van der Waals surface area contributed by atoms with Crippen molar-refractivity contribution in [3.8, 4) is 0 Å². The topological polar surface area (TPSA) is 72.9 Å². The number of rotatable bonds is 9. The summed E-state index contributed by atoms with van der Waals surface area (Å²) < 4.78 is 0. The van der Waals surface area contributed by atoms with Gasteiger partial charge < -0.3 is 15.5 Å². The Bertz CT molecular complexity index is 837.